The molecule has 8 aromatic carbocycles. The molecule has 11 heteroatoms. The monoisotopic (exact) mass is 863 g/mol. The Morgan fingerprint density at radius 2 is 0.846 bits per heavy atom. The molecular weight excluding hydrogens is 833 g/mol. The Labute approximate surface area is 368 Å². The van der Waals surface area contributed by atoms with Crippen molar-refractivity contribution in [3.63, 3.8) is 0 Å². The van der Waals surface area contributed by atoms with Gasteiger partial charge in [-0.25, -0.2) is 15.0 Å². The van der Waals surface area contributed by atoms with E-state index < -0.39 is 23.5 Å². The lowest BCUT2D eigenvalue weighted by Crippen LogP contribution is -2.07. The Hall–Kier alpha value is -8.36. The van der Waals surface area contributed by atoms with E-state index in [0.29, 0.717) is 56.2 Å². The summed E-state index contributed by atoms with van der Waals surface area (Å²) in [5.41, 5.74) is 4.18. The van der Waals surface area contributed by atoms with Crippen LogP contribution in [0.4, 0.5) is 26.3 Å². The molecule has 0 aliphatic carbocycles. The highest BCUT2D eigenvalue weighted by atomic mass is 19.4. The summed E-state index contributed by atoms with van der Waals surface area (Å²) in [6, 6.07) is 54.2. The standard InChI is InChI=1S/C54H31F6N5/c55-53(56,57)40-20-11-18-35(27-40)44-30-39(52-63-50(33-13-3-1-4-14-33)62-51(64-52)34-15-5-2-6-16-34)31-45(36-19-12-21-41(28-36)54(58,59)60)49(44)65-47-24-10-9-23-43(47)46-29-37(25-26-48(46)65)42-22-8-7-17-38(42)32-61/h1-31H. The van der Waals surface area contributed by atoms with Gasteiger partial charge < -0.3 is 4.57 Å². The minimum Gasteiger partial charge on any atom is -0.308 e. The Morgan fingerprint density at radius 1 is 0.385 bits per heavy atom. The van der Waals surface area contributed by atoms with Crippen molar-refractivity contribution in [1.82, 2.24) is 19.5 Å². The van der Waals surface area contributed by atoms with Crippen molar-refractivity contribution in [2.24, 2.45) is 0 Å². The molecule has 10 aromatic rings. The first kappa shape index (κ1) is 40.7. The fraction of sp³-hybridized carbons (Fsp3) is 0.0370. The van der Waals surface area contributed by atoms with Crippen molar-refractivity contribution in [2.45, 2.75) is 12.4 Å². The number of halogens is 6. The van der Waals surface area contributed by atoms with E-state index in [0.717, 1.165) is 40.6 Å². The van der Waals surface area contributed by atoms with Crippen LogP contribution >= 0.6 is 0 Å². The second-order valence-electron chi connectivity index (χ2n) is 15.4. The van der Waals surface area contributed by atoms with Crippen LogP contribution in [0.5, 0.6) is 0 Å². The van der Waals surface area contributed by atoms with Gasteiger partial charge in [-0.15, -0.1) is 0 Å². The van der Waals surface area contributed by atoms with Crippen LogP contribution in [0.15, 0.2) is 188 Å². The molecule has 10 rings (SSSR count). The fourth-order valence-electron chi connectivity index (χ4n) is 8.32. The summed E-state index contributed by atoms with van der Waals surface area (Å²) in [5.74, 6) is 0.778. The van der Waals surface area contributed by atoms with Gasteiger partial charge in [0.1, 0.15) is 0 Å². The molecule has 0 amide bonds. The molecule has 0 bridgehead atoms. The lowest BCUT2D eigenvalue weighted by atomic mass is 9.91. The smallest absolute Gasteiger partial charge is 0.308 e. The third-order valence-electron chi connectivity index (χ3n) is 11.3. The summed E-state index contributed by atoms with van der Waals surface area (Å²) in [6.45, 7) is 0. The highest BCUT2D eigenvalue weighted by Gasteiger charge is 2.33. The Kier molecular flexibility index (Phi) is 10.1. The second kappa shape index (κ2) is 16.1. The lowest BCUT2D eigenvalue weighted by molar-refractivity contribution is -0.138. The quantitative estimate of drug-likeness (QED) is 0.150. The number of nitrogens with zero attached hydrogens (tertiary/aromatic N) is 5. The minimum atomic E-state index is -4.72. The molecule has 314 valence electrons. The minimum absolute atomic E-state index is 0.147. The Morgan fingerprint density at radius 3 is 1.40 bits per heavy atom. The summed E-state index contributed by atoms with van der Waals surface area (Å²) >= 11 is 0. The van der Waals surface area contributed by atoms with E-state index in [1.54, 1.807) is 36.4 Å². The highest BCUT2D eigenvalue weighted by molar-refractivity contribution is 6.12. The van der Waals surface area contributed by atoms with E-state index in [-0.39, 0.29) is 28.1 Å². The first-order valence-electron chi connectivity index (χ1n) is 20.4. The van der Waals surface area contributed by atoms with E-state index in [2.05, 4.69) is 6.07 Å². The number of para-hydroxylation sites is 1. The topological polar surface area (TPSA) is 67.4 Å². The SMILES string of the molecule is N#Cc1ccccc1-c1ccc2c(c1)c1ccccc1n2-c1c(-c2cccc(C(F)(F)F)c2)cc(-c2nc(-c3ccccc3)nc(-c3ccccc3)n2)cc1-c1cccc(C(F)(F)F)c1. The van der Waals surface area contributed by atoms with E-state index >= 15 is 0 Å². The molecule has 2 heterocycles. The molecule has 65 heavy (non-hydrogen) atoms. The molecule has 0 aliphatic rings. The normalized spacial score (nSPS) is 11.8. The molecule has 2 aromatic heterocycles. The third-order valence-corrected chi connectivity index (χ3v) is 11.3. The molecule has 0 atom stereocenters. The molecule has 0 N–H and O–H groups in total. The highest BCUT2D eigenvalue weighted by Crippen LogP contribution is 2.46. The van der Waals surface area contributed by atoms with E-state index in [4.69, 9.17) is 15.0 Å². The van der Waals surface area contributed by atoms with Gasteiger partial charge >= 0.3 is 12.4 Å². The van der Waals surface area contributed by atoms with Crippen molar-refractivity contribution in [3.05, 3.63) is 205 Å². The van der Waals surface area contributed by atoms with Crippen molar-refractivity contribution in [2.75, 3.05) is 0 Å². The van der Waals surface area contributed by atoms with Gasteiger partial charge in [-0.05, 0) is 82.9 Å². The molecule has 0 fully saturated rings. The second-order valence-corrected chi connectivity index (χ2v) is 15.4. The Balaban J connectivity index is 1.35. The maximum atomic E-state index is 14.6. The number of hydrogen-bond acceptors (Lipinski definition) is 4. The largest absolute Gasteiger partial charge is 0.416 e. The number of fused-ring (bicyclic) bond motifs is 3. The predicted octanol–water partition coefficient (Wildman–Crippen LogP) is 14.9. The van der Waals surface area contributed by atoms with Gasteiger partial charge in [0.2, 0.25) is 0 Å². The van der Waals surface area contributed by atoms with Crippen LogP contribution in [0.2, 0.25) is 0 Å². The van der Waals surface area contributed by atoms with E-state index in [1.165, 1.54) is 12.1 Å². The van der Waals surface area contributed by atoms with Gasteiger partial charge in [0.25, 0.3) is 0 Å². The van der Waals surface area contributed by atoms with Gasteiger partial charge in [-0.3, -0.25) is 0 Å². The molecule has 5 nitrogen and oxygen atoms in total. The first-order valence-corrected chi connectivity index (χ1v) is 20.4. The zero-order chi connectivity index (χ0) is 44.9. The van der Waals surface area contributed by atoms with Crippen LogP contribution in [-0.4, -0.2) is 19.5 Å². The maximum Gasteiger partial charge on any atom is 0.416 e. The number of aromatic nitrogens is 4. The summed E-state index contributed by atoms with van der Waals surface area (Å²) in [6.07, 6.45) is -9.44. The van der Waals surface area contributed by atoms with Crippen LogP contribution < -0.4 is 0 Å². The van der Waals surface area contributed by atoms with Crippen LogP contribution in [0.1, 0.15) is 16.7 Å². The van der Waals surface area contributed by atoms with Crippen molar-refractivity contribution in [3.8, 4) is 79.3 Å². The number of benzene rings is 8. The van der Waals surface area contributed by atoms with Crippen LogP contribution in [0.25, 0.3) is 95.0 Å². The van der Waals surface area contributed by atoms with Gasteiger partial charge in [0, 0.05) is 38.6 Å². The van der Waals surface area contributed by atoms with E-state index in [9.17, 15) is 31.6 Å². The number of hydrogen-bond donors (Lipinski definition) is 0. The van der Waals surface area contributed by atoms with Crippen molar-refractivity contribution >= 4 is 21.8 Å². The number of rotatable bonds is 7. The zero-order valence-electron chi connectivity index (χ0n) is 33.9. The lowest BCUT2D eigenvalue weighted by Gasteiger charge is -2.22. The van der Waals surface area contributed by atoms with Crippen molar-refractivity contribution < 1.29 is 26.3 Å². The molecule has 0 radical (unpaired) electrons. The predicted molar refractivity (Wildman–Crippen MR) is 242 cm³/mol. The summed E-state index contributed by atoms with van der Waals surface area (Å²) in [7, 11) is 0. The zero-order valence-corrected chi connectivity index (χ0v) is 33.9. The van der Waals surface area contributed by atoms with Gasteiger partial charge in [0.05, 0.1) is 39.5 Å². The van der Waals surface area contributed by atoms with Crippen LogP contribution in [-0.2, 0) is 12.4 Å². The van der Waals surface area contributed by atoms with Gasteiger partial charge in [0.15, 0.2) is 17.5 Å². The van der Waals surface area contributed by atoms with Crippen molar-refractivity contribution in [1.29, 1.82) is 5.26 Å². The van der Waals surface area contributed by atoms with Crippen LogP contribution in [0, 0.1) is 11.3 Å². The number of nitriles is 1. The summed E-state index contributed by atoms with van der Waals surface area (Å²) < 4.78 is 89.5. The van der Waals surface area contributed by atoms with Gasteiger partial charge in [-0.2, -0.15) is 31.6 Å². The first-order chi connectivity index (χ1) is 31.4. The van der Waals surface area contributed by atoms with Crippen LogP contribution in [0.3, 0.4) is 0 Å². The summed E-state index contributed by atoms with van der Waals surface area (Å²) in [4.78, 5) is 14.6. The fourth-order valence-corrected chi connectivity index (χ4v) is 8.32. The Bertz CT molecular complexity index is 3340. The average molecular weight is 864 g/mol. The maximum absolute atomic E-state index is 14.6. The molecule has 0 saturated heterocycles. The molecule has 0 aliphatic heterocycles. The molecular formula is C54H31F6N5. The molecule has 0 spiro atoms. The van der Waals surface area contributed by atoms with E-state index in [1.807, 2.05) is 120 Å². The number of alkyl halides is 6. The summed E-state index contributed by atoms with van der Waals surface area (Å²) in [5, 5.41) is 11.5. The average Bonchev–Trinajstić information content (AvgIpc) is 3.66. The van der Waals surface area contributed by atoms with Gasteiger partial charge in [-0.1, -0.05) is 127 Å². The molecule has 0 unspecified atom stereocenters. The third kappa shape index (κ3) is 7.65. The molecule has 0 saturated carbocycles.